The second-order valence-corrected chi connectivity index (χ2v) is 8.20. The summed E-state index contributed by atoms with van der Waals surface area (Å²) in [5.41, 5.74) is 0.458. The zero-order chi connectivity index (χ0) is 19.7. The summed E-state index contributed by atoms with van der Waals surface area (Å²) in [6.45, 7) is 2.89. The molecule has 4 rings (SSSR count). The average molecular weight is 405 g/mol. The van der Waals surface area contributed by atoms with E-state index in [1.165, 1.54) is 0 Å². The Labute approximate surface area is 169 Å². The molecular weight excluding hydrogens is 380 g/mol. The number of aromatic nitrogens is 2. The number of likely N-dealkylation sites (N-methyl/N-ethyl adjacent to an activating group) is 1. The van der Waals surface area contributed by atoms with E-state index in [0.29, 0.717) is 29.8 Å². The predicted octanol–water partition coefficient (Wildman–Crippen LogP) is 2.85. The molecule has 1 unspecified atom stereocenters. The number of nitrogens with zero attached hydrogens (tertiary/aromatic N) is 4. The maximum atomic E-state index is 12.8. The molecule has 1 spiro atoms. The highest BCUT2D eigenvalue weighted by molar-refractivity contribution is 6.33. The minimum absolute atomic E-state index is 0.114. The Morgan fingerprint density at radius 2 is 2.07 bits per heavy atom. The summed E-state index contributed by atoms with van der Waals surface area (Å²) >= 11 is 6.21. The van der Waals surface area contributed by atoms with E-state index < -0.39 is 0 Å². The highest BCUT2D eigenvalue weighted by atomic mass is 35.5. The minimum atomic E-state index is -0.304. The molecule has 2 saturated heterocycles. The molecule has 2 aromatic rings. The van der Waals surface area contributed by atoms with Crippen LogP contribution in [0.2, 0.25) is 5.02 Å². The van der Waals surface area contributed by atoms with Crippen molar-refractivity contribution in [2.45, 2.75) is 31.9 Å². The molecule has 0 N–H and O–H groups in total. The zero-order valence-electron chi connectivity index (χ0n) is 16.2. The molecule has 28 heavy (non-hydrogen) atoms. The molecule has 150 valence electrons. The van der Waals surface area contributed by atoms with Gasteiger partial charge in [-0.3, -0.25) is 9.69 Å². The number of carbonyl (C=O) groups is 1. The molecule has 1 amide bonds. The summed E-state index contributed by atoms with van der Waals surface area (Å²) in [5, 5.41) is 4.66. The molecule has 0 saturated carbocycles. The van der Waals surface area contributed by atoms with Gasteiger partial charge in [-0.2, -0.15) is 4.98 Å². The Morgan fingerprint density at radius 1 is 1.32 bits per heavy atom. The fourth-order valence-corrected chi connectivity index (χ4v) is 4.58. The number of hydrogen-bond donors (Lipinski definition) is 0. The van der Waals surface area contributed by atoms with Crippen molar-refractivity contribution < 1.29 is 14.1 Å². The Hall–Kier alpha value is -1.96. The fourth-order valence-electron chi connectivity index (χ4n) is 4.36. The third kappa shape index (κ3) is 3.66. The number of methoxy groups -OCH3 is 1. The van der Waals surface area contributed by atoms with Crippen LogP contribution in [0.3, 0.4) is 0 Å². The quantitative estimate of drug-likeness (QED) is 0.780. The monoisotopic (exact) mass is 404 g/mol. The Bertz CT molecular complexity index is 847. The number of piperidine rings is 2. The summed E-state index contributed by atoms with van der Waals surface area (Å²) in [5.74, 6) is 1.31. The van der Waals surface area contributed by atoms with Gasteiger partial charge in [0.05, 0.1) is 23.1 Å². The fraction of sp³-hybridized carbons (Fsp3) is 0.550. The van der Waals surface area contributed by atoms with Gasteiger partial charge >= 0.3 is 0 Å². The smallest absolute Gasteiger partial charge is 0.241 e. The van der Waals surface area contributed by atoms with Crippen molar-refractivity contribution >= 4 is 17.5 Å². The number of hydrogen-bond acceptors (Lipinski definition) is 6. The predicted molar refractivity (Wildman–Crippen MR) is 105 cm³/mol. The highest BCUT2D eigenvalue weighted by Gasteiger charge is 2.47. The van der Waals surface area contributed by atoms with Crippen LogP contribution in [0.5, 0.6) is 0 Å². The number of benzene rings is 1. The van der Waals surface area contributed by atoms with Crippen LogP contribution in [0.25, 0.3) is 11.4 Å². The van der Waals surface area contributed by atoms with E-state index in [2.05, 4.69) is 15.0 Å². The van der Waals surface area contributed by atoms with E-state index in [9.17, 15) is 4.79 Å². The average Bonchev–Trinajstić information content (AvgIpc) is 3.16. The van der Waals surface area contributed by atoms with Gasteiger partial charge < -0.3 is 14.2 Å². The largest absolute Gasteiger partial charge is 0.380 e. The molecular formula is C20H25ClN4O3. The van der Waals surface area contributed by atoms with Crippen LogP contribution in [0.1, 0.15) is 25.2 Å². The number of likely N-dealkylation sites (tertiary alicyclic amines) is 2. The van der Waals surface area contributed by atoms with Gasteiger partial charge in [0.25, 0.3) is 0 Å². The van der Waals surface area contributed by atoms with Crippen molar-refractivity contribution in [1.82, 2.24) is 19.9 Å². The molecule has 2 fully saturated rings. The number of rotatable bonds is 4. The minimum Gasteiger partial charge on any atom is -0.380 e. The molecule has 1 aromatic carbocycles. The van der Waals surface area contributed by atoms with Crippen LogP contribution in [-0.4, -0.2) is 65.7 Å². The summed E-state index contributed by atoms with van der Waals surface area (Å²) < 4.78 is 11.0. The van der Waals surface area contributed by atoms with Gasteiger partial charge in [-0.05, 0) is 44.5 Å². The normalized spacial score (nSPS) is 22.8. The summed E-state index contributed by atoms with van der Waals surface area (Å²) in [4.78, 5) is 21.4. The molecule has 1 atom stereocenters. The molecule has 0 radical (unpaired) electrons. The standard InChI is InChI=1S/C20H25ClN4O3/c1-24-12-14(27-2)11-20(19(24)26)7-9-25(10-8-20)13-17-22-18(23-28-17)15-5-3-4-6-16(15)21/h3-6,14H,7-13H2,1-2H3. The van der Waals surface area contributed by atoms with Crippen LogP contribution >= 0.6 is 11.6 Å². The summed E-state index contributed by atoms with van der Waals surface area (Å²) in [6.07, 6.45) is 2.56. The second-order valence-electron chi connectivity index (χ2n) is 7.80. The molecule has 2 aliphatic heterocycles. The van der Waals surface area contributed by atoms with Gasteiger partial charge in [0.1, 0.15) is 0 Å². The SMILES string of the molecule is COC1CN(C)C(=O)C2(CCN(Cc3nc(-c4ccccc4Cl)no3)CC2)C1. The van der Waals surface area contributed by atoms with Crippen molar-refractivity contribution in [1.29, 1.82) is 0 Å². The third-order valence-electron chi connectivity index (χ3n) is 5.98. The first-order chi connectivity index (χ1) is 13.5. The number of carbonyl (C=O) groups excluding carboxylic acids is 1. The van der Waals surface area contributed by atoms with E-state index in [4.69, 9.17) is 20.9 Å². The number of amides is 1. The van der Waals surface area contributed by atoms with Gasteiger partial charge in [-0.25, -0.2) is 0 Å². The first kappa shape index (κ1) is 19.4. The molecule has 2 aliphatic rings. The maximum Gasteiger partial charge on any atom is 0.241 e. The lowest BCUT2D eigenvalue weighted by molar-refractivity contribution is -0.156. The maximum absolute atomic E-state index is 12.8. The Balaban J connectivity index is 1.40. The summed E-state index contributed by atoms with van der Waals surface area (Å²) in [7, 11) is 3.60. The van der Waals surface area contributed by atoms with Crippen molar-refractivity contribution in [3.05, 3.63) is 35.2 Å². The van der Waals surface area contributed by atoms with Crippen LogP contribution in [-0.2, 0) is 16.1 Å². The Kier molecular flexibility index (Phi) is 5.40. The molecule has 3 heterocycles. The molecule has 8 heteroatoms. The number of halogens is 1. The van der Waals surface area contributed by atoms with Gasteiger partial charge in [0.15, 0.2) is 0 Å². The van der Waals surface area contributed by atoms with Crippen LogP contribution < -0.4 is 0 Å². The molecule has 0 bridgehead atoms. The van der Waals surface area contributed by atoms with E-state index in [1.54, 1.807) is 7.11 Å². The third-order valence-corrected chi connectivity index (χ3v) is 6.31. The summed E-state index contributed by atoms with van der Waals surface area (Å²) in [6, 6.07) is 7.45. The van der Waals surface area contributed by atoms with E-state index in [-0.39, 0.29) is 17.4 Å². The molecule has 0 aliphatic carbocycles. The first-order valence-corrected chi connectivity index (χ1v) is 9.97. The lowest BCUT2D eigenvalue weighted by atomic mass is 9.71. The van der Waals surface area contributed by atoms with Crippen molar-refractivity contribution in [3.8, 4) is 11.4 Å². The number of ether oxygens (including phenoxy) is 1. The van der Waals surface area contributed by atoms with E-state index in [1.807, 2.05) is 36.2 Å². The Morgan fingerprint density at radius 3 is 2.79 bits per heavy atom. The van der Waals surface area contributed by atoms with Crippen molar-refractivity contribution in [2.24, 2.45) is 5.41 Å². The van der Waals surface area contributed by atoms with Crippen LogP contribution in [0.4, 0.5) is 0 Å². The molecule has 1 aromatic heterocycles. The first-order valence-electron chi connectivity index (χ1n) is 9.59. The van der Waals surface area contributed by atoms with E-state index in [0.717, 1.165) is 37.9 Å². The van der Waals surface area contributed by atoms with E-state index >= 15 is 0 Å². The second kappa shape index (κ2) is 7.81. The van der Waals surface area contributed by atoms with Crippen LogP contribution in [0, 0.1) is 5.41 Å². The molecule has 7 nitrogen and oxygen atoms in total. The van der Waals surface area contributed by atoms with Crippen molar-refractivity contribution in [2.75, 3.05) is 33.8 Å². The van der Waals surface area contributed by atoms with Gasteiger partial charge in [-0.1, -0.05) is 28.9 Å². The van der Waals surface area contributed by atoms with Crippen molar-refractivity contribution in [3.63, 3.8) is 0 Å². The van der Waals surface area contributed by atoms with Gasteiger partial charge in [0, 0.05) is 26.3 Å². The lowest BCUT2D eigenvalue weighted by Gasteiger charge is -2.47. The van der Waals surface area contributed by atoms with Gasteiger partial charge in [0.2, 0.25) is 17.6 Å². The van der Waals surface area contributed by atoms with Gasteiger partial charge in [-0.15, -0.1) is 0 Å². The highest BCUT2D eigenvalue weighted by Crippen LogP contribution is 2.41. The zero-order valence-corrected chi connectivity index (χ0v) is 17.0. The van der Waals surface area contributed by atoms with Crippen LogP contribution in [0.15, 0.2) is 28.8 Å². The lowest BCUT2D eigenvalue weighted by Crippen LogP contribution is -2.56. The topological polar surface area (TPSA) is 71.7 Å².